The van der Waals surface area contributed by atoms with Crippen molar-refractivity contribution >= 4 is 11.5 Å². The van der Waals surface area contributed by atoms with Crippen molar-refractivity contribution in [1.82, 2.24) is 0 Å². The molecule has 0 amide bonds. The van der Waals surface area contributed by atoms with Crippen LogP contribution in [-0.2, 0) is 6.18 Å². The van der Waals surface area contributed by atoms with Gasteiger partial charge < -0.3 is 10.5 Å². The Bertz CT molecular complexity index is 679. The number of carbonyl (C=O) groups is 1. The first-order chi connectivity index (χ1) is 10.3. The highest BCUT2D eigenvalue weighted by atomic mass is 19.4. The van der Waals surface area contributed by atoms with Gasteiger partial charge in [0.1, 0.15) is 5.75 Å². The van der Waals surface area contributed by atoms with Crippen LogP contribution in [0.5, 0.6) is 5.75 Å². The van der Waals surface area contributed by atoms with Crippen LogP contribution >= 0.6 is 0 Å². The average Bonchev–Trinajstić information content (AvgIpc) is 2.47. The molecule has 0 aliphatic carbocycles. The van der Waals surface area contributed by atoms with E-state index in [9.17, 15) is 18.0 Å². The fourth-order valence-electron chi connectivity index (χ4n) is 1.96. The molecule has 0 heterocycles. The third-order valence-electron chi connectivity index (χ3n) is 3.02. The van der Waals surface area contributed by atoms with Crippen molar-refractivity contribution in [1.29, 1.82) is 0 Å². The molecule has 2 aromatic carbocycles. The Kier molecular flexibility index (Phi) is 4.40. The number of ether oxygens (including phenoxy) is 1. The maximum Gasteiger partial charge on any atom is 0.416 e. The Morgan fingerprint density at radius 2 is 1.77 bits per heavy atom. The third kappa shape index (κ3) is 3.39. The summed E-state index contributed by atoms with van der Waals surface area (Å²) in [6.45, 7) is 1.93. The normalized spacial score (nSPS) is 11.3. The quantitative estimate of drug-likeness (QED) is 0.688. The topological polar surface area (TPSA) is 52.3 Å². The number of ketones is 1. The molecule has 0 aliphatic rings. The zero-order valence-corrected chi connectivity index (χ0v) is 11.8. The van der Waals surface area contributed by atoms with E-state index in [0.717, 1.165) is 18.2 Å². The summed E-state index contributed by atoms with van der Waals surface area (Å²) in [6.07, 6.45) is -4.53. The molecule has 0 fully saturated rings. The van der Waals surface area contributed by atoms with E-state index in [4.69, 9.17) is 10.5 Å². The van der Waals surface area contributed by atoms with E-state index in [1.54, 1.807) is 6.92 Å². The predicted octanol–water partition coefficient (Wildman–Crippen LogP) is 3.92. The van der Waals surface area contributed by atoms with Gasteiger partial charge in [0.25, 0.3) is 0 Å². The second-order valence-electron chi connectivity index (χ2n) is 4.59. The fraction of sp³-hybridized carbons (Fsp3) is 0.188. The molecule has 3 nitrogen and oxygen atoms in total. The van der Waals surface area contributed by atoms with E-state index in [2.05, 4.69) is 0 Å². The lowest BCUT2D eigenvalue weighted by Gasteiger charge is -2.13. The van der Waals surface area contributed by atoms with E-state index in [1.165, 1.54) is 24.3 Å². The number of benzene rings is 2. The van der Waals surface area contributed by atoms with E-state index < -0.39 is 17.5 Å². The molecule has 116 valence electrons. The van der Waals surface area contributed by atoms with Crippen molar-refractivity contribution in [2.45, 2.75) is 13.1 Å². The van der Waals surface area contributed by atoms with Crippen LogP contribution < -0.4 is 10.5 Å². The van der Waals surface area contributed by atoms with Crippen LogP contribution in [0.3, 0.4) is 0 Å². The first-order valence-electron chi connectivity index (χ1n) is 6.57. The summed E-state index contributed by atoms with van der Waals surface area (Å²) in [6, 6.07) is 8.83. The molecule has 0 radical (unpaired) electrons. The Morgan fingerprint density at radius 1 is 1.14 bits per heavy atom. The summed E-state index contributed by atoms with van der Waals surface area (Å²) in [5.41, 5.74) is 5.23. The number of carbonyl (C=O) groups excluding carboxylic acids is 1. The summed E-state index contributed by atoms with van der Waals surface area (Å²) in [4.78, 5) is 12.4. The molecule has 2 rings (SSSR count). The van der Waals surface area contributed by atoms with Gasteiger partial charge in [0.15, 0.2) is 5.78 Å². The van der Waals surface area contributed by atoms with Crippen molar-refractivity contribution in [2.75, 3.05) is 12.3 Å². The van der Waals surface area contributed by atoms with Gasteiger partial charge in [-0.3, -0.25) is 4.79 Å². The summed E-state index contributed by atoms with van der Waals surface area (Å²) >= 11 is 0. The van der Waals surface area contributed by atoms with Crippen LogP contribution in [0.25, 0.3) is 0 Å². The SMILES string of the molecule is CCOc1ccc(C(F)(F)F)cc1C(=O)c1ccc(N)cc1. The lowest BCUT2D eigenvalue weighted by molar-refractivity contribution is -0.137. The number of nitrogen functional groups attached to an aromatic ring is 1. The van der Waals surface area contributed by atoms with Crippen molar-refractivity contribution < 1.29 is 22.7 Å². The molecular formula is C16H14F3NO2. The molecule has 6 heteroatoms. The van der Waals surface area contributed by atoms with Gasteiger partial charge in [0.2, 0.25) is 0 Å². The highest BCUT2D eigenvalue weighted by Gasteiger charge is 2.32. The maximum atomic E-state index is 12.8. The summed E-state index contributed by atoms with van der Waals surface area (Å²) in [7, 11) is 0. The van der Waals surface area contributed by atoms with E-state index in [-0.39, 0.29) is 23.5 Å². The van der Waals surface area contributed by atoms with Crippen LogP contribution in [0, 0.1) is 0 Å². The standard InChI is InChI=1S/C16H14F3NO2/c1-2-22-14-8-5-11(16(17,18)19)9-13(14)15(21)10-3-6-12(20)7-4-10/h3-9H,2,20H2,1H3. The smallest absolute Gasteiger partial charge is 0.416 e. The van der Waals surface area contributed by atoms with Crippen molar-refractivity contribution in [2.24, 2.45) is 0 Å². The van der Waals surface area contributed by atoms with E-state index >= 15 is 0 Å². The zero-order valence-electron chi connectivity index (χ0n) is 11.8. The molecule has 0 aromatic heterocycles. The van der Waals surface area contributed by atoms with Crippen LogP contribution in [0.2, 0.25) is 0 Å². The van der Waals surface area contributed by atoms with Crippen LogP contribution in [0.15, 0.2) is 42.5 Å². The molecule has 0 spiro atoms. The number of rotatable bonds is 4. The van der Waals surface area contributed by atoms with Crippen LogP contribution in [0.4, 0.5) is 18.9 Å². The van der Waals surface area contributed by atoms with Crippen molar-refractivity contribution in [3.8, 4) is 5.75 Å². The van der Waals surface area contributed by atoms with Crippen LogP contribution in [0.1, 0.15) is 28.4 Å². The van der Waals surface area contributed by atoms with Crippen molar-refractivity contribution in [3.05, 3.63) is 59.2 Å². The number of halogens is 3. The molecule has 0 unspecified atom stereocenters. The second-order valence-corrected chi connectivity index (χ2v) is 4.59. The molecule has 0 saturated heterocycles. The summed E-state index contributed by atoms with van der Waals surface area (Å²) in [5, 5.41) is 0. The maximum absolute atomic E-state index is 12.8. The van der Waals surface area contributed by atoms with Gasteiger partial charge in [0, 0.05) is 11.3 Å². The predicted molar refractivity (Wildman–Crippen MR) is 76.9 cm³/mol. The molecule has 22 heavy (non-hydrogen) atoms. The summed E-state index contributed by atoms with van der Waals surface area (Å²) in [5.74, 6) is -0.424. The molecule has 0 aliphatic heterocycles. The van der Waals surface area contributed by atoms with Gasteiger partial charge in [-0.2, -0.15) is 13.2 Å². The van der Waals surface area contributed by atoms with Gasteiger partial charge >= 0.3 is 6.18 Å². The molecule has 0 saturated carbocycles. The molecule has 0 atom stereocenters. The number of hydrogen-bond acceptors (Lipinski definition) is 3. The Labute approximate surface area is 125 Å². The minimum absolute atomic E-state index is 0.123. The molecule has 2 N–H and O–H groups in total. The van der Waals surface area contributed by atoms with E-state index in [0.29, 0.717) is 5.69 Å². The van der Waals surface area contributed by atoms with Gasteiger partial charge in [0.05, 0.1) is 17.7 Å². The van der Waals surface area contributed by atoms with Crippen LogP contribution in [-0.4, -0.2) is 12.4 Å². The largest absolute Gasteiger partial charge is 0.493 e. The number of anilines is 1. The molecule has 0 bridgehead atoms. The number of nitrogens with two attached hydrogens (primary N) is 1. The van der Waals surface area contributed by atoms with Crippen molar-refractivity contribution in [3.63, 3.8) is 0 Å². The number of alkyl halides is 3. The fourth-order valence-corrected chi connectivity index (χ4v) is 1.96. The summed E-state index contributed by atoms with van der Waals surface area (Å²) < 4.78 is 43.8. The monoisotopic (exact) mass is 309 g/mol. The van der Waals surface area contributed by atoms with Gasteiger partial charge in [-0.1, -0.05) is 0 Å². The minimum Gasteiger partial charge on any atom is -0.493 e. The zero-order chi connectivity index (χ0) is 16.3. The minimum atomic E-state index is -4.53. The van der Waals surface area contributed by atoms with Gasteiger partial charge in [-0.25, -0.2) is 0 Å². The van der Waals surface area contributed by atoms with Gasteiger partial charge in [-0.15, -0.1) is 0 Å². The Morgan fingerprint density at radius 3 is 2.32 bits per heavy atom. The first-order valence-corrected chi connectivity index (χ1v) is 6.57. The molecular weight excluding hydrogens is 295 g/mol. The molecule has 2 aromatic rings. The third-order valence-corrected chi connectivity index (χ3v) is 3.02. The Hall–Kier alpha value is -2.50. The second kappa shape index (κ2) is 6.09. The highest BCUT2D eigenvalue weighted by Crippen LogP contribution is 2.33. The lowest BCUT2D eigenvalue weighted by atomic mass is 10.00. The van der Waals surface area contributed by atoms with E-state index in [1.807, 2.05) is 0 Å². The Balaban J connectivity index is 2.50. The lowest BCUT2D eigenvalue weighted by Crippen LogP contribution is -2.10. The average molecular weight is 309 g/mol. The van der Waals surface area contributed by atoms with Gasteiger partial charge in [-0.05, 0) is 49.4 Å². The first kappa shape index (κ1) is 15.9. The number of hydrogen-bond donors (Lipinski definition) is 1. The highest BCUT2D eigenvalue weighted by molar-refractivity contribution is 6.11.